The quantitative estimate of drug-likeness (QED) is 0.768. The maximum atomic E-state index is 11.8. The Balaban J connectivity index is 2.54. The first-order valence-corrected chi connectivity index (χ1v) is 7.03. The predicted octanol–water partition coefficient (Wildman–Crippen LogP) is 3.35. The van der Waals surface area contributed by atoms with Crippen LogP contribution < -0.4 is 4.74 Å². The average Bonchev–Trinajstić information content (AvgIpc) is 2.42. The molecule has 0 bridgehead atoms. The van der Waals surface area contributed by atoms with Crippen LogP contribution in [0.15, 0.2) is 24.3 Å². The smallest absolute Gasteiger partial charge is 0.410 e. The highest BCUT2D eigenvalue weighted by atomic mass is 16.6. The van der Waals surface area contributed by atoms with Gasteiger partial charge in [-0.2, -0.15) is 0 Å². The van der Waals surface area contributed by atoms with Crippen LogP contribution in [-0.4, -0.2) is 38.3 Å². The lowest BCUT2D eigenvalue weighted by Gasteiger charge is -2.16. The molecule has 0 N–H and O–H groups in total. The van der Waals surface area contributed by atoms with E-state index < -0.39 is 0 Å². The van der Waals surface area contributed by atoms with Gasteiger partial charge in [-0.15, -0.1) is 0 Å². The molecule has 0 aromatic heterocycles. The number of hydrogen-bond donors (Lipinski definition) is 0. The molecule has 20 heavy (non-hydrogen) atoms. The molecule has 112 valence electrons. The fourth-order valence-electron chi connectivity index (χ4n) is 1.72. The highest BCUT2D eigenvalue weighted by molar-refractivity contribution is 5.70. The molecule has 0 aliphatic heterocycles. The number of rotatable bonds is 7. The van der Waals surface area contributed by atoms with Gasteiger partial charge >= 0.3 is 6.09 Å². The molecule has 0 unspecified atom stereocenters. The number of ether oxygens (including phenoxy) is 2. The van der Waals surface area contributed by atoms with Gasteiger partial charge in [0.2, 0.25) is 0 Å². The van der Waals surface area contributed by atoms with Crippen molar-refractivity contribution in [2.45, 2.75) is 26.7 Å². The Kier molecular flexibility index (Phi) is 7.09. The van der Waals surface area contributed by atoms with Gasteiger partial charge < -0.3 is 14.4 Å². The zero-order chi connectivity index (χ0) is 15.0. The molecule has 4 heteroatoms. The van der Waals surface area contributed by atoms with E-state index >= 15 is 0 Å². The molecule has 0 spiro atoms. The summed E-state index contributed by atoms with van der Waals surface area (Å²) in [5, 5.41) is 0. The zero-order valence-corrected chi connectivity index (χ0v) is 12.9. The second kappa shape index (κ2) is 8.59. The maximum absolute atomic E-state index is 11.8. The van der Waals surface area contributed by atoms with Crippen molar-refractivity contribution >= 4 is 6.09 Å². The fourth-order valence-corrected chi connectivity index (χ4v) is 1.72. The fraction of sp³-hybridized carbons (Fsp3) is 0.562. The number of hydrogen-bond acceptors (Lipinski definition) is 3. The largest absolute Gasteiger partial charge is 0.415 e. The van der Waals surface area contributed by atoms with Crippen LogP contribution in [-0.2, 0) is 11.2 Å². The normalized spacial score (nSPS) is 10.7. The van der Waals surface area contributed by atoms with E-state index in [0.29, 0.717) is 24.8 Å². The molecule has 0 radical (unpaired) electrons. The summed E-state index contributed by atoms with van der Waals surface area (Å²) in [6.07, 6.45) is 1.77. The van der Waals surface area contributed by atoms with E-state index in [2.05, 4.69) is 19.9 Å². The van der Waals surface area contributed by atoms with Crippen LogP contribution in [0.2, 0.25) is 0 Å². The Labute approximate surface area is 121 Å². The third-order valence-corrected chi connectivity index (χ3v) is 3.06. The number of aryl methyl sites for hydroxylation is 1. The van der Waals surface area contributed by atoms with Crippen molar-refractivity contribution in [3.63, 3.8) is 0 Å². The van der Waals surface area contributed by atoms with Gasteiger partial charge in [0.15, 0.2) is 0 Å². The molecule has 1 amide bonds. The third-order valence-electron chi connectivity index (χ3n) is 3.06. The molecule has 1 rings (SSSR count). The van der Waals surface area contributed by atoms with Crippen LogP contribution in [0.3, 0.4) is 0 Å². The monoisotopic (exact) mass is 279 g/mol. The summed E-state index contributed by atoms with van der Waals surface area (Å²) >= 11 is 0. The Bertz CT molecular complexity index is 418. The number of amides is 1. The van der Waals surface area contributed by atoms with Crippen molar-refractivity contribution in [3.05, 3.63) is 29.8 Å². The van der Waals surface area contributed by atoms with Crippen LogP contribution in [0.1, 0.15) is 25.8 Å². The summed E-state index contributed by atoms with van der Waals surface area (Å²) in [5.74, 6) is 1.27. The molecule has 0 fully saturated rings. The molecule has 0 atom stereocenters. The summed E-state index contributed by atoms with van der Waals surface area (Å²) in [5.41, 5.74) is 1.20. The van der Waals surface area contributed by atoms with Crippen molar-refractivity contribution in [1.82, 2.24) is 4.90 Å². The van der Waals surface area contributed by atoms with Crippen LogP contribution >= 0.6 is 0 Å². The molecule has 0 saturated carbocycles. The van der Waals surface area contributed by atoms with Crippen LogP contribution in [0.4, 0.5) is 4.79 Å². The number of carbonyl (C=O) groups is 1. The van der Waals surface area contributed by atoms with E-state index in [9.17, 15) is 4.79 Å². The lowest BCUT2D eigenvalue weighted by Crippen LogP contribution is -2.32. The standard InChI is InChI=1S/C16H25NO3/c1-13(2)8-9-14-6-5-7-15(12-14)20-16(18)17(3)10-11-19-4/h5-7,12-13H,8-11H2,1-4H3. The molecule has 4 nitrogen and oxygen atoms in total. The molecule has 0 heterocycles. The van der Waals surface area contributed by atoms with E-state index in [4.69, 9.17) is 9.47 Å². The maximum Gasteiger partial charge on any atom is 0.415 e. The van der Waals surface area contributed by atoms with Gasteiger partial charge in [-0.3, -0.25) is 0 Å². The second-order valence-electron chi connectivity index (χ2n) is 5.36. The third kappa shape index (κ3) is 6.06. The van der Waals surface area contributed by atoms with E-state index in [1.54, 1.807) is 20.2 Å². The van der Waals surface area contributed by atoms with Crippen molar-refractivity contribution in [3.8, 4) is 5.75 Å². The van der Waals surface area contributed by atoms with Gasteiger partial charge in [-0.05, 0) is 36.5 Å². The lowest BCUT2D eigenvalue weighted by molar-refractivity contribution is 0.135. The van der Waals surface area contributed by atoms with Crippen LogP contribution in [0.5, 0.6) is 5.75 Å². The van der Waals surface area contributed by atoms with E-state index in [-0.39, 0.29) is 6.09 Å². The van der Waals surface area contributed by atoms with Gasteiger partial charge in [0.1, 0.15) is 5.75 Å². The molecule has 1 aromatic rings. The van der Waals surface area contributed by atoms with Crippen LogP contribution in [0.25, 0.3) is 0 Å². The summed E-state index contributed by atoms with van der Waals surface area (Å²) in [4.78, 5) is 13.3. The van der Waals surface area contributed by atoms with Gasteiger partial charge in [0.05, 0.1) is 6.61 Å². The summed E-state index contributed by atoms with van der Waals surface area (Å²) in [7, 11) is 3.31. The Hall–Kier alpha value is -1.55. The van der Waals surface area contributed by atoms with E-state index in [1.807, 2.05) is 12.1 Å². The minimum Gasteiger partial charge on any atom is -0.410 e. The highest BCUT2D eigenvalue weighted by Gasteiger charge is 2.11. The average molecular weight is 279 g/mol. The predicted molar refractivity (Wildman–Crippen MR) is 80.1 cm³/mol. The van der Waals surface area contributed by atoms with Gasteiger partial charge in [-0.25, -0.2) is 4.79 Å². The first-order chi connectivity index (χ1) is 9.52. The van der Waals surface area contributed by atoms with Crippen molar-refractivity contribution in [2.75, 3.05) is 27.3 Å². The first-order valence-electron chi connectivity index (χ1n) is 7.03. The Morgan fingerprint density at radius 2 is 2.10 bits per heavy atom. The number of benzene rings is 1. The van der Waals surface area contributed by atoms with E-state index in [0.717, 1.165) is 12.8 Å². The van der Waals surface area contributed by atoms with Crippen molar-refractivity contribution in [1.29, 1.82) is 0 Å². The Morgan fingerprint density at radius 1 is 1.35 bits per heavy atom. The summed E-state index contributed by atoms with van der Waals surface area (Å²) in [6.45, 7) is 5.42. The molecule has 0 aliphatic rings. The first kappa shape index (κ1) is 16.5. The molecule has 1 aromatic carbocycles. The molecular formula is C16H25NO3. The van der Waals surface area contributed by atoms with Gasteiger partial charge in [-0.1, -0.05) is 26.0 Å². The lowest BCUT2D eigenvalue weighted by atomic mass is 10.0. The van der Waals surface area contributed by atoms with Crippen molar-refractivity contribution in [2.24, 2.45) is 5.92 Å². The molecule has 0 aliphatic carbocycles. The minimum atomic E-state index is -0.358. The summed E-state index contributed by atoms with van der Waals surface area (Å²) in [6, 6.07) is 7.73. The minimum absolute atomic E-state index is 0.358. The van der Waals surface area contributed by atoms with Crippen LogP contribution in [0, 0.1) is 5.92 Å². The summed E-state index contributed by atoms with van der Waals surface area (Å²) < 4.78 is 10.3. The Morgan fingerprint density at radius 3 is 2.75 bits per heavy atom. The number of nitrogens with zero attached hydrogens (tertiary/aromatic N) is 1. The highest BCUT2D eigenvalue weighted by Crippen LogP contribution is 2.17. The number of methoxy groups -OCH3 is 1. The number of likely N-dealkylation sites (N-methyl/N-ethyl adjacent to an activating group) is 1. The van der Waals surface area contributed by atoms with E-state index in [1.165, 1.54) is 10.5 Å². The van der Waals surface area contributed by atoms with Gasteiger partial charge in [0.25, 0.3) is 0 Å². The molecular weight excluding hydrogens is 254 g/mol. The zero-order valence-electron chi connectivity index (χ0n) is 12.9. The topological polar surface area (TPSA) is 38.8 Å². The number of carbonyl (C=O) groups excluding carboxylic acids is 1. The second-order valence-corrected chi connectivity index (χ2v) is 5.36. The molecule has 0 saturated heterocycles. The SMILES string of the molecule is COCCN(C)C(=O)Oc1cccc(CCC(C)C)c1. The van der Waals surface area contributed by atoms with Crippen molar-refractivity contribution < 1.29 is 14.3 Å². The van der Waals surface area contributed by atoms with Gasteiger partial charge in [0, 0.05) is 20.7 Å².